The van der Waals surface area contributed by atoms with Gasteiger partial charge in [-0.2, -0.15) is 0 Å². The molecular weight excluding hydrogens is 306 g/mol. The van der Waals surface area contributed by atoms with Crippen molar-refractivity contribution in [2.75, 3.05) is 0 Å². The van der Waals surface area contributed by atoms with Crippen LogP contribution in [0.3, 0.4) is 0 Å². The molecule has 3 heteroatoms. The molecule has 0 aliphatic carbocycles. The molecular formula is C20H17F2Si. The molecule has 0 saturated heterocycles. The summed E-state index contributed by atoms with van der Waals surface area (Å²) in [6.07, 6.45) is 0. The van der Waals surface area contributed by atoms with Gasteiger partial charge in [0.25, 0.3) is 0 Å². The minimum atomic E-state index is -1.23. The summed E-state index contributed by atoms with van der Waals surface area (Å²) in [5, 5.41) is 2.44. The molecule has 0 aromatic heterocycles. The number of rotatable bonds is 4. The van der Waals surface area contributed by atoms with Crippen LogP contribution in [0.5, 0.6) is 0 Å². The van der Waals surface area contributed by atoms with Gasteiger partial charge in [0, 0.05) is 6.07 Å². The average molecular weight is 323 g/mol. The average Bonchev–Trinajstić information content (AvgIpc) is 2.57. The first-order chi connectivity index (χ1) is 11.2. The van der Waals surface area contributed by atoms with Gasteiger partial charge in [-0.25, -0.2) is 8.78 Å². The largest absolute Gasteiger partial charge is 0.207 e. The third-order valence-electron chi connectivity index (χ3n) is 4.03. The van der Waals surface area contributed by atoms with Crippen LogP contribution in [0.2, 0.25) is 0 Å². The molecule has 0 fully saturated rings. The van der Waals surface area contributed by atoms with Gasteiger partial charge in [-0.1, -0.05) is 84.0 Å². The van der Waals surface area contributed by atoms with Crippen molar-refractivity contribution < 1.29 is 8.78 Å². The van der Waals surface area contributed by atoms with Crippen LogP contribution in [-0.4, -0.2) is 8.80 Å². The molecule has 0 nitrogen and oxygen atoms in total. The second kappa shape index (κ2) is 6.88. The molecule has 0 unspecified atom stereocenters. The standard InChI is InChI=1S/C20H17F2Si/c1-15(19-13-12-16(21)14-20(19)22)23(17-8-4-2-5-9-17)18-10-6-3-7-11-18/h2-15H,1H3/t15-/m1/s1. The number of hydrogen-bond donors (Lipinski definition) is 0. The molecule has 0 heterocycles. The Morgan fingerprint density at radius 1 is 0.739 bits per heavy atom. The van der Waals surface area contributed by atoms with Crippen molar-refractivity contribution in [3.05, 3.63) is 96.1 Å². The predicted molar refractivity (Wildman–Crippen MR) is 92.7 cm³/mol. The van der Waals surface area contributed by atoms with Gasteiger partial charge in [0.1, 0.15) is 20.4 Å². The molecule has 0 saturated carbocycles. The summed E-state index contributed by atoms with van der Waals surface area (Å²) in [4.78, 5) is 0. The monoisotopic (exact) mass is 323 g/mol. The highest BCUT2D eigenvalue weighted by Gasteiger charge is 2.27. The van der Waals surface area contributed by atoms with Crippen molar-refractivity contribution in [2.24, 2.45) is 0 Å². The molecule has 0 bridgehead atoms. The summed E-state index contributed by atoms with van der Waals surface area (Å²) in [6.45, 7) is 2.03. The van der Waals surface area contributed by atoms with Crippen LogP contribution >= 0.6 is 0 Å². The second-order valence-corrected chi connectivity index (χ2v) is 8.38. The first-order valence-corrected chi connectivity index (χ1v) is 9.17. The van der Waals surface area contributed by atoms with E-state index in [1.807, 2.05) is 43.3 Å². The van der Waals surface area contributed by atoms with Crippen molar-refractivity contribution >= 4 is 19.2 Å². The Balaban J connectivity index is 2.08. The van der Waals surface area contributed by atoms with Crippen molar-refractivity contribution in [2.45, 2.75) is 12.5 Å². The van der Waals surface area contributed by atoms with Crippen LogP contribution in [0.15, 0.2) is 78.9 Å². The molecule has 0 N–H and O–H groups in total. The zero-order chi connectivity index (χ0) is 16.2. The van der Waals surface area contributed by atoms with E-state index in [1.165, 1.54) is 16.4 Å². The van der Waals surface area contributed by atoms with Crippen LogP contribution in [-0.2, 0) is 0 Å². The summed E-state index contributed by atoms with van der Waals surface area (Å²) in [5.41, 5.74) is 0.568. The van der Waals surface area contributed by atoms with Crippen LogP contribution in [0.25, 0.3) is 0 Å². The molecule has 3 rings (SSSR count). The number of benzene rings is 3. The summed E-state index contributed by atoms with van der Waals surface area (Å²) >= 11 is 0. The van der Waals surface area contributed by atoms with Crippen molar-refractivity contribution in [1.82, 2.24) is 0 Å². The van der Waals surface area contributed by atoms with Crippen LogP contribution in [0.1, 0.15) is 18.0 Å². The highest BCUT2D eigenvalue weighted by molar-refractivity contribution is 6.86. The quantitative estimate of drug-likeness (QED) is 0.639. The van der Waals surface area contributed by atoms with Gasteiger partial charge in [-0.05, 0) is 17.2 Å². The van der Waals surface area contributed by atoms with E-state index in [2.05, 4.69) is 24.3 Å². The molecule has 115 valence electrons. The molecule has 3 aromatic rings. The van der Waals surface area contributed by atoms with Gasteiger partial charge in [-0.15, -0.1) is 0 Å². The Morgan fingerprint density at radius 3 is 1.74 bits per heavy atom. The lowest BCUT2D eigenvalue weighted by Crippen LogP contribution is -2.46. The van der Waals surface area contributed by atoms with Gasteiger partial charge in [0.05, 0.1) is 0 Å². The molecule has 1 radical (unpaired) electrons. The normalized spacial score (nSPS) is 12.3. The van der Waals surface area contributed by atoms with E-state index in [-0.39, 0.29) is 5.54 Å². The fourth-order valence-electron chi connectivity index (χ4n) is 2.91. The minimum Gasteiger partial charge on any atom is -0.207 e. The Kier molecular flexibility index (Phi) is 4.67. The van der Waals surface area contributed by atoms with E-state index in [0.29, 0.717) is 5.56 Å². The zero-order valence-corrected chi connectivity index (χ0v) is 13.8. The van der Waals surface area contributed by atoms with Gasteiger partial charge in [-0.3, -0.25) is 0 Å². The summed E-state index contributed by atoms with van der Waals surface area (Å²) in [7, 11) is -1.23. The van der Waals surface area contributed by atoms with E-state index in [4.69, 9.17) is 0 Å². The minimum absolute atomic E-state index is 0.00889. The molecule has 0 spiro atoms. The third kappa shape index (κ3) is 3.40. The molecule has 0 aliphatic rings. The van der Waals surface area contributed by atoms with E-state index >= 15 is 0 Å². The SMILES string of the molecule is C[C@H](c1ccc(F)cc1F)[Si](c1ccccc1)c1ccccc1. The molecule has 23 heavy (non-hydrogen) atoms. The molecule has 3 aromatic carbocycles. The second-order valence-electron chi connectivity index (χ2n) is 5.53. The summed E-state index contributed by atoms with van der Waals surface area (Å²) < 4.78 is 27.5. The maximum Gasteiger partial charge on any atom is 0.129 e. The molecule has 0 amide bonds. The van der Waals surface area contributed by atoms with Gasteiger partial charge in [0.15, 0.2) is 0 Å². The Bertz CT molecular complexity index is 733. The molecule has 1 atom stereocenters. The van der Waals surface area contributed by atoms with E-state index in [0.717, 1.165) is 6.07 Å². The van der Waals surface area contributed by atoms with Gasteiger partial charge < -0.3 is 0 Å². The number of halogens is 2. The lowest BCUT2D eigenvalue weighted by Gasteiger charge is -2.24. The predicted octanol–water partition coefficient (Wildman–Crippen LogP) is 3.92. The van der Waals surface area contributed by atoms with E-state index in [9.17, 15) is 8.78 Å². The van der Waals surface area contributed by atoms with Gasteiger partial charge in [0.2, 0.25) is 0 Å². The Labute approximate surface area is 137 Å². The molecule has 0 aliphatic heterocycles. The van der Waals surface area contributed by atoms with Crippen LogP contribution in [0, 0.1) is 11.6 Å². The Hall–Kier alpha value is -2.26. The van der Waals surface area contributed by atoms with Gasteiger partial charge >= 0.3 is 0 Å². The van der Waals surface area contributed by atoms with E-state index in [1.54, 1.807) is 6.07 Å². The lowest BCUT2D eigenvalue weighted by atomic mass is 10.1. The first kappa shape index (κ1) is 15.6. The van der Waals surface area contributed by atoms with Crippen molar-refractivity contribution in [3.63, 3.8) is 0 Å². The fourth-order valence-corrected chi connectivity index (χ4v) is 5.89. The first-order valence-electron chi connectivity index (χ1n) is 7.59. The van der Waals surface area contributed by atoms with Crippen LogP contribution < -0.4 is 10.4 Å². The fraction of sp³-hybridized carbons (Fsp3) is 0.100. The zero-order valence-electron chi connectivity index (χ0n) is 12.8. The lowest BCUT2D eigenvalue weighted by molar-refractivity contribution is 0.572. The maximum atomic E-state index is 14.3. The smallest absolute Gasteiger partial charge is 0.129 e. The highest BCUT2D eigenvalue weighted by Crippen LogP contribution is 2.22. The van der Waals surface area contributed by atoms with E-state index < -0.39 is 20.4 Å². The Morgan fingerprint density at radius 2 is 1.26 bits per heavy atom. The summed E-state index contributed by atoms with van der Waals surface area (Å²) in [5.74, 6) is -1.00. The third-order valence-corrected chi connectivity index (χ3v) is 7.12. The summed E-state index contributed by atoms with van der Waals surface area (Å²) in [6, 6.07) is 24.3. The van der Waals surface area contributed by atoms with Crippen LogP contribution in [0.4, 0.5) is 8.78 Å². The maximum absolute atomic E-state index is 14.3. The van der Waals surface area contributed by atoms with Crippen molar-refractivity contribution in [3.8, 4) is 0 Å². The van der Waals surface area contributed by atoms with Crippen molar-refractivity contribution in [1.29, 1.82) is 0 Å². The topological polar surface area (TPSA) is 0 Å². The highest BCUT2D eigenvalue weighted by atomic mass is 28.3. The number of hydrogen-bond acceptors (Lipinski definition) is 0.